The lowest BCUT2D eigenvalue weighted by Gasteiger charge is -1.96. The van der Waals surface area contributed by atoms with Gasteiger partial charge >= 0.3 is 0 Å². The highest BCUT2D eigenvalue weighted by Crippen LogP contribution is 2.14. The number of hydrogen-bond acceptors (Lipinski definition) is 5. The molecule has 0 aliphatic heterocycles. The topological polar surface area (TPSA) is 108 Å². The van der Waals surface area contributed by atoms with Gasteiger partial charge in [0.1, 0.15) is 11.0 Å². The zero-order valence-electron chi connectivity index (χ0n) is 8.99. The highest BCUT2D eigenvalue weighted by molar-refractivity contribution is 7.89. The van der Waals surface area contributed by atoms with Gasteiger partial charge < -0.3 is 5.73 Å². The molecule has 0 unspecified atom stereocenters. The number of rotatable bonds is 3. The molecule has 0 aliphatic carbocycles. The second kappa shape index (κ2) is 3.81. The highest BCUT2D eigenvalue weighted by Gasteiger charge is 2.17. The summed E-state index contributed by atoms with van der Waals surface area (Å²) in [6.45, 7) is 1.48. The van der Waals surface area contributed by atoms with E-state index in [0.29, 0.717) is 9.72 Å². The van der Waals surface area contributed by atoms with Gasteiger partial charge in [-0.15, -0.1) is 10.2 Å². The van der Waals surface area contributed by atoms with Crippen LogP contribution in [-0.4, -0.2) is 34.5 Å². The van der Waals surface area contributed by atoms with Gasteiger partial charge in [-0.25, -0.2) is 8.42 Å². The Hall–Kier alpha value is -1.96. The van der Waals surface area contributed by atoms with Crippen molar-refractivity contribution in [1.29, 1.82) is 0 Å². The number of benzene rings is 1. The molecule has 7 nitrogen and oxygen atoms in total. The smallest absolute Gasteiger partial charge is 0.269 e. The lowest BCUT2D eigenvalue weighted by Crippen LogP contribution is -2.18. The van der Waals surface area contributed by atoms with Crippen LogP contribution in [-0.2, 0) is 10.0 Å². The van der Waals surface area contributed by atoms with Gasteiger partial charge in [0.2, 0.25) is 0 Å². The zero-order chi connectivity index (χ0) is 12.6. The lowest BCUT2D eigenvalue weighted by molar-refractivity contribution is 0.100. The number of carbonyl (C=O) groups is 1. The van der Waals surface area contributed by atoms with Crippen molar-refractivity contribution >= 4 is 27.0 Å². The molecular formula is C9H10N4O3S. The van der Waals surface area contributed by atoms with Gasteiger partial charge in [-0.2, -0.15) is 0 Å². The van der Waals surface area contributed by atoms with Crippen LogP contribution in [0.3, 0.4) is 0 Å². The first-order valence-corrected chi connectivity index (χ1v) is 6.45. The van der Waals surface area contributed by atoms with Crippen LogP contribution >= 0.6 is 0 Å². The number of hydrogen-bond donors (Lipinski definition) is 1. The molecule has 0 saturated carbocycles. The summed E-state index contributed by atoms with van der Waals surface area (Å²) < 4.78 is 23.8. The van der Waals surface area contributed by atoms with E-state index < -0.39 is 15.9 Å². The molecule has 1 heterocycles. The third-order valence-electron chi connectivity index (χ3n) is 2.27. The Morgan fingerprint density at radius 1 is 1.41 bits per heavy atom. The Labute approximate surface area is 97.3 Å². The fourth-order valence-corrected chi connectivity index (χ4v) is 2.01. The SMILES string of the molecule is CCS(=O)(=O)n1nc2cccc(C(N)=O)c2n1. The van der Waals surface area contributed by atoms with Crippen molar-refractivity contribution in [2.24, 2.45) is 5.73 Å². The second-order valence-electron chi connectivity index (χ2n) is 3.36. The summed E-state index contributed by atoms with van der Waals surface area (Å²) in [4.78, 5) is 11.1. The van der Waals surface area contributed by atoms with Crippen molar-refractivity contribution in [2.75, 3.05) is 5.75 Å². The Morgan fingerprint density at radius 2 is 2.12 bits per heavy atom. The average Bonchev–Trinajstić information content (AvgIpc) is 2.72. The molecular weight excluding hydrogens is 244 g/mol. The molecule has 0 radical (unpaired) electrons. The molecule has 0 atom stereocenters. The zero-order valence-corrected chi connectivity index (χ0v) is 9.81. The van der Waals surface area contributed by atoms with E-state index in [9.17, 15) is 13.2 Å². The number of aromatic nitrogens is 3. The number of primary amides is 1. The van der Waals surface area contributed by atoms with Crippen molar-refractivity contribution < 1.29 is 13.2 Å². The summed E-state index contributed by atoms with van der Waals surface area (Å²) in [5.74, 6) is -0.795. The minimum atomic E-state index is -3.56. The summed E-state index contributed by atoms with van der Waals surface area (Å²) in [5.41, 5.74) is 5.83. The van der Waals surface area contributed by atoms with Crippen molar-refractivity contribution in [3.8, 4) is 0 Å². The van der Waals surface area contributed by atoms with E-state index in [0.717, 1.165) is 0 Å². The van der Waals surface area contributed by atoms with Gasteiger partial charge in [-0.3, -0.25) is 4.79 Å². The van der Waals surface area contributed by atoms with Gasteiger partial charge in [-0.1, -0.05) is 10.3 Å². The van der Waals surface area contributed by atoms with Crippen molar-refractivity contribution in [3.05, 3.63) is 23.8 Å². The maximum Gasteiger partial charge on any atom is 0.269 e. The van der Waals surface area contributed by atoms with Crippen LogP contribution in [0.5, 0.6) is 0 Å². The van der Waals surface area contributed by atoms with Crippen LogP contribution in [0, 0.1) is 0 Å². The minimum Gasteiger partial charge on any atom is -0.366 e. The third kappa shape index (κ3) is 1.86. The van der Waals surface area contributed by atoms with Crippen molar-refractivity contribution in [1.82, 2.24) is 14.4 Å². The molecule has 1 aromatic carbocycles. The first-order valence-electron chi connectivity index (χ1n) is 4.85. The van der Waals surface area contributed by atoms with E-state index in [1.807, 2.05) is 0 Å². The van der Waals surface area contributed by atoms with Crippen LogP contribution in [0.2, 0.25) is 0 Å². The quantitative estimate of drug-likeness (QED) is 0.811. The van der Waals surface area contributed by atoms with E-state index in [-0.39, 0.29) is 16.8 Å². The standard InChI is InChI=1S/C9H10N4O3S/c1-2-17(15,16)13-11-7-5-3-4-6(9(10)14)8(7)12-13/h3-5H,2H2,1H3,(H2,10,14). The van der Waals surface area contributed by atoms with E-state index in [1.54, 1.807) is 12.1 Å². The number of nitrogens with zero attached hydrogens (tertiary/aromatic N) is 3. The summed E-state index contributed by atoms with van der Waals surface area (Å²) in [6.07, 6.45) is 0. The maximum absolute atomic E-state index is 11.6. The molecule has 0 bridgehead atoms. The molecule has 0 spiro atoms. The van der Waals surface area contributed by atoms with E-state index in [2.05, 4.69) is 10.2 Å². The second-order valence-corrected chi connectivity index (χ2v) is 5.43. The molecule has 90 valence electrons. The lowest BCUT2D eigenvalue weighted by atomic mass is 10.2. The van der Waals surface area contributed by atoms with Crippen LogP contribution in [0.25, 0.3) is 11.0 Å². The van der Waals surface area contributed by atoms with Gasteiger partial charge in [-0.05, 0) is 19.1 Å². The van der Waals surface area contributed by atoms with Gasteiger partial charge in [0, 0.05) is 0 Å². The Morgan fingerprint density at radius 3 is 2.71 bits per heavy atom. The molecule has 2 aromatic rings. The van der Waals surface area contributed by atoms with Crippen molar-refractivity contribution in [2.45, 2.75) is 6.92 Å². The van der Waals surface area contributed by atoms with E-state index in [4.69, 9.17) is 5.73 Å². The predicted octanol–water partition coefficient (Wildman–Crippen LogP) is -0.272. The Bertz CT molecular complexity index is 689. The number of fused-ring (bicyclic) bond motifs is 1. The first kappa shape index (κ1) is 11.5. The van der Waals surface area contributed by atoms with Gasteiger partial charge in [0.25, 0.3) is 15.9 Å². The van der Waals surface area contributed by atoms with Crippen LogP contribution in [0.1, 0.15) is 17.3 Å². The highest BCUT2D eigenvalue weighted by atomic mass is 32.2. The van der Waals surface area contributed by atoms with Crippen LogP contribution < -0.4 is 5.73 Å². The van der Waals surface area contributed by atoms with Gasteiger partial charge in [0.15, 0.2) is 0 Å². The van der Waals surface area contributed by atoms with E-state index >= 15 is 0 Å². The number of carbonyl (C=O) groups excluding carboxylic acids is 1. The fraction of sp³-hybridized carbons (Fsp3) is 0.222. The largest absolute Gasteiger partial charge is 0.366 e. The minimum absolute atomic E-state index is 0.125. The Balaban J connectivity index is 2.75. The monoisotopic (exact) mass is 254 g/mol. The normalized spacial score (nSPS) is 11.8. The third-order valence-corrected chi connectivity index (χ3v) is 3.66. The number of nitrogens with two attached hydrogens (primary N) is 1. The summed E-state index contributed by atoms with van der Waals surface area (Å²) in [6, 6.07) is 4.61. The summed E-state index contributed by atoms with van der Waals surface area (Å²) in [7, 11) is -3.56. The van der Waals surface area contributed by atoms with Crippen LogP contribution in [0.15, 0.2) is 18.2 Å². The summed E-state index contributed by atoms with van der Waals surface area (Å²) >= 11 is 0. The molecule has 0 aliphatic rings. The fourth-order valence-electron chi connectivity index (χ4n) is 1.36. The van der Waals surface area contributed by atoms with Crippen LogP contribution in [0.4, 0.5) is 0 Å². The molecule has 8 heteroatoms. The molecule has 17 heavy (non-hydrogen) atoms. The Kier molecular flexibility index (Phi) is 2.58. The maximum atomic E-state index is 11.6. The van der Waals surface area contributed by atoms with Gasteiger partial charge in [0.05, 0.1) is 11.3 Å². The number of amides is 1. The molecule has 1 aromatic heterocycles. The molecule has 2 rings (SSSR count). The molecule has 0 saturated heterocycles. The first-order chi connectivity index (χ1) is 7.95. The molecule has 2 N–H and O–H groups in total. The summed E-state index contributed by atoms with van der Waals surface area (Å²) in [5, 5.41) is 7.60. The van der Waals surface area contributed by atoms with Crippen molar-refractivity contribution in [3.63, 3.8) is 0 Å². The predicted molar refractivity (Wildman–Crippen MR) is 60.9 cm³/mol. The molecule has 0 fully saturated rings. The molecule has 1 amide bonds. The average molecular weight is 254 g/mol. The van der Waals surface area contributed by atoms with E-state index in [1.165, 1.54) is 13.0 Å².